The number of methoxy groups -OCH3 is 1. The zero-order chi connectivity index (χ0) is 11.8. The van der Waals surface area contributed by atoms with Gasteiger partial charge in [-0.05, 0) is 17.8 Å². The Labute approximate surface area is 94.6 Å². The van der Waals surface area contributed by atoms with Gasteiger partial charge in [-0.2, -0.15) is 15.0 Å². The fraction of sp³-hybridized carbons (Fsp3) is 0.700. The Balaban J connectivity index is 1.96. The van der Waals surface area contributed by atoms with Crippen LogP contribution in [-0.2, 0) is 0 Å². The standard InChI is InChI=1S/C10H17N5O/c1-10(2)4-6(10)5-12-8-13-7(11)14-9(15-8)16-3/h6H,4-5H2,1-3H3,(H3,11,12,13,14,15). The summed E-state index contributed by atoms with van der Waals surface area (Å²) in [6.07, 6.45) is 1.23. The normalized spacial score (nSPS) is 21.6. The largest absolute Gasteiger partial charge is 0.467 e. The maximum absolute atomic E-state index is 5.53. The Morgan fingerprint density at radius 3 is 2.69 bits per heavy atom. The van der Waals surface area contributed by atoms with Crippen LogP contribution in [0.3, 0.4) is 0 Å². The van der Waals surface area contributed by atoms with E-state index in [4.69, 9.17) is 10.5 Å². The van der Waals surface area contributed by atoms with Gasteiger partial charge in [0.15, 0.2) is 0 Å². The van der Waals surface area contributed by atoms with Crippen LogP contribution in [0, 0.1) is 11.3 Å². The van der Waals surface area contributed by atoms with E-state index in [2.05, 4.69) is 34.1 Å². The molecular formula is C10H17N5O. The predicted molar refractivity (Wildman–Crippen MR) is 61.2 cm³/mol. The van der Waals surface area contributed by atoms with Crippen LogP contribution in [0.15, 0.2) is 0 Å². The van der Waals surface area contributed by atoms with E-state index in [1.54, 1.807) is 0 Å². The van der Waals surface area contributed by atoms with E-state index in [1.165, 1.54) is 13.5 Å². The van der Waals surface area contributed by atoms with Crippen molar-refractivity contribution in [1.82, 2.24) is 15.0 Å². The summed E-state index contributed by atoms with van der Waals surface area (Å²) in [6, 6.07) is 0.241. The molecule has 1 aliphatic rings. The molecule has 2 rings (SSSR count). The summed E-state index contributed by atoms with van der Waals surface area (Å²) in [7, 11) is 1.50. The maximum Gasteiger partial charge on any atom is 0.322 e. The van der Waals surface area contributed by atoms with Gasteiger partial charge in [-0.15, -0.1) is 0 Å². The second-order valence-electron chi connectivity index (χ2n) is 4.77. The molecule has 6 nitrogen and oxygen atoms in total. The van der Waals surface area contributed by atoms with Gasteiger partial charge < -0.3 is 15.8 Å². The lowest BCUT2D eigenvalue weighted by Gasteiger charge is -2.07. The summed E-state index contributed by atoms with van der Waals surface area (Å²) in [5.41, 5.74) is 5.97. The molecule has 1 atom stereocenters. The molecule has 0 spiro atoms. The van der Waals surface area contributed by atoms with Crippen LogP contribution in [-0.4, -0.2) is 28.6 Å². The second kappa shape index (κ2) is 3.77. The molecule has 3 N–H and O–H groups in total. The van der Waals surface area contributed by atoms with E-state index in [0.717, 1.165) is 6.54 Å². The molecule has 1 aromatic heterocycles. The lowest BCUT2D eigenvalue weighted by Crippen LogP contribution is -2.12. The van der Waals surface area contributed by atoms with Crippen molar-refractivity contribution in [3.8, 4) is 6.01 Å². The molecule has 0 saturated heterocycles. The number of hydrogen-bond acceptors (Lipinski definition) is 6. The third-order valence-electron chi connectivity index (χ3n) is 3.04. The number of aromatic nitrogens is 3. The molecule has 6 heteroatoms. The first kappa shape index (κ1) is 10.9. The van der Waals surface area contributed by atoms with Crippen LogP contribution in [0.2, 0.25) is 0 Å². The molecule has 0 aliphatic heterocycles. The highest BCUT2D eigenvalue weighted by molar-refractivity contribution is 5.32. The van der Waals surface area contributed by atoms with Gasteiger partial charge >= 0.3 is 6.01 Å². The van der Waals surface area contributed by atoms with Crippen molar-refractivity contribution in [2.45, 2.75) is 20.3 Å². The fourth-order valence-electron chi connectivity index (χ4n) is 1.68. The zero-order valence-electron chi connectivity index (χ0n) is 9.82. The fourth-order valence-corrected chi connectivity index (χ4v) is 1.68. The van der Waals surface area contributed by atoms with Gasteiger partial charge in [0, 0.05) is 6.54 Å². The topological polar surface area (TPSA) is 86.0 Å². The lowest BCUT2D eigenvalue weighted by molar-refractivity contribution is 0.379. The highest BCUT2D eigenvalue weighted by Gasteiger charge is 2.45. The van der Waals surface area contributed by atoms with Crippen LogP contribution in [0.5, 0.6) is 6.01 Å². The summed E-state index contributed by atoms with van der Waals surface area (Å²) in [5.74, 6) is 1.33. The third kappa shape index (κ3) is 2.32. The van der Waals surface area contributed by atoms with Crippen molar-refractivity contribution in [1.29, 1.82) is 0 Å². The van der Waals surface area contributed by atoms with E-state index in [9.17, 15) is 0 Å². The quantitative estimate of drug-likeness (QED) is 0.789. The van der Waals surface area contributed by atoms with Gasteiger partial charge in [0.2, 0.25) is 11.9 Å². The molecule has 88 valence electrons. The summed E-state index contributed by atoms with van der Waals surface area (Å²) < 4.78 is 4.92. The molecule has 16 heavy (non-hydrogen) atoms. The van der Waals surface area contributed by atoms with Crippen molar-refractivity contribution < 1.29 is 4.74 Å². The number of anilines is 2. The van der Waals surface area contributed by atoms with Gasteiger partial charge in [-0.3, -0.25) is 0 Å². The Morgan fingerprint density at radius 2 is 2.12 bits per heavy atom. The van der Waals surface area contributed by atoms with Crippen molar-refractivity contribution in [3.05, 3.63) is 0 Å². The van der Waals surface area contributed by atoms with Crippen LogP contribution in [0.4, 0.5) is 11.9 Å². The molecule has 1 saturated carbocycles. The molecule has 1 unspecified atom stereocenters. The minimum absolute atomic E-state index is 0.171. The summed E-state index contributed by atoms with van der Waals surface area (Å²) in [4.78, 5) is 11.9. The summed E-state index contributed by atoms with van der Waals surface area (Å²) >= 11 is 0. The van der Waals surface area contributed by atoms with E-state index < -0.39 is 0 Å². The Hall–Kier alpha value is -1.59. The van der Waals surface area contributed by atoms with E-state index >= 15 is 0 Å². The molecule has 1 aromatic rings. The summed E-state index contributed by atoms with van der Waals surface area (Å²) in [5, 5.41) is 3.16. The lowest BCUT2D eigenvalue weighted by atomic mass is 10.1. The van der Waals surface area contributed by atoms with Gasteiger partial charge in [0.05, 0.1) is 7.11 Å². The second-order valence-corrected chi connectivity index (χ2v) is 4.77. The zero-order valence-corrected chi connectivity index (χ0v) is 9.82. The first-order chi connectivity index (χ1) is 7.51. The number of nitrogen functional groups attached to an aromatic ring is 1. The molecular weight excluding hydrogens is 206 g/mol. The number of rotatable bonds is 4. The molecule has 0 radical (unpaired) electrons. The highest BCUT2D eigenvalue weighted by atomic mass is 16.5. The van der Waals surface area contributed by atoms with Crippen molar-refractivity contribution >= 4 is 11.9 Å². The Morgan fingerprint density at radius 1 is 1.44 bits per heavy atom. The van der Waals surface area contributed by atoms with E-state index in [0.29, 0.717) is 17.3 Å². The molecule has 1 heterocycles. The van der Waals surface area contributed by atoms with Crippen LogP contribution in [0.25, 0.3) is 0 Å². The number of nitrogens with one attached hydrogen (secondary N) is 1. The van der Waals surface area contributed by atoms with E-state index in [1.807, 2.05) is 0 Å². The Bertz CT molecular complexity index is 393. The number of nitrogens with two attached hydrogens (primary N) is 1. The molecule has 1 fully saturated rings. The van der Waals surface area contributed by atoms with Gasteiger partial charge in [-0.1, -0.05) is 13.8 Å². The number of hydrogen-bond donors (Lipinski definition) is 2. The van der Waals surface area contributed by atoms with Gasteiger partial charge in [0.25, 0.3) is 0 Å². The minimum atomic E-state index is 0.171. The average Bonchev–Trinajstić information content (AvgIpc) is 2.83. The SMILES string of the molecule is COc1nc(N)nc(NCC2CC2(C)C)n1. The van der Waals surface area contributed by atoms with Gasteiger partial charge in [0.1, 0.15) is 0 Å². The summed E-state index contributed by atoms with van der Waals surface area (Å²) in [6.45, 7) is 5.36. The van der Waals surface area contributed by atoms with Crippen molar-refractivity contribution in [3.63, 3.8) is 0 Å². The monoisotopic (exact) mass is 223 g/mol. The van der Waals surface area contributed by atoms with Crippen molar-refractivity contribution in [2.24, 2.45) is 11.3 Å². The predicted octanol–water partition coefficient (Wildman–Crippen LogP) is 0.920. The smallest absolute Gasteiger partial charge is 0.322 e. The molecule has 0 bridgehead atoms. The Kier molecular flexibility index (Phi) is 2.57. The molecule has 0 aromatic carbocycles. The average molecular weight is 223 g/mol. The molecule has 1 aliphatic carbocycles. The number of ether oxygens (including phenoxy) is 1. The van der Waals surface area contributed by atoms with Crippen LogP contribution >= 0.6 is 0 Å². The van der Waals surface area contributed by atoms with Crippen LogP contribution in [0.1, 0.15) is 20.3 Å². The first-order valence-electron chi connectivity index (χ1n) is 5.30. The highest BCUT2D eigenvalue weighted by Crippen LogP contribution is 2.51. The maximum atomic E-state index is 5.53. The van der Waals surface area contributed by atoms with Crippen molar-refractivity contribution in [2.75, 3.05) is 24.7 Å². The number of nitrogens with zero attached hydrogens (tertiary/aromatic N) is 3. The van der Waals surface area contributed by atoms with Gasteiger partial charge in [-0.25, -0.2) is 0 Å². The first-order valence-corrected chi connectivity index (χ1v) is 5.30. The van der Waals surface area contributed by atoms with Crippen LogP contribution < -0.4 is 15.8 Å². The van der Waals surface area contributed by atoms with E-state index in [-0.39, 0.29) is 12.0 Å². The minimum Gasteiger partial charge on any atom is -0.467 e. The third-order valence-corrected chi connectivity index (χ3v) is 3.04. The molecule has 0 amide bonds.